The molecule has 0 aliphatic heterocycles. The number of non-ortho nitro benzene ring substituents is 1. The lowest BCUT2D eigenvalue weighted by atomic mass is 9.94. The zero-order chi connectivity index (χ0) is 48.1. The van der Waals surface area contributed by atoms with Gasteiger partial charge in [0.05, 0.1) is 16.8 Å². The average Bonchev–Trinajstić information content (AvgIpc) is 3.29. The van der Waals surface area contributed by atoms with E-state index < -0.39 is 29.1 Å². The molecule has 3 atom stereocenters. The van der Waals surface area contributed by atoms with Crippen LogP contribution in [-0.4, -0.2) is 39.3 Å². The molecule has 0 aliphatic rings. The first-order valence-electron chi connectivity index (χ1n) is 27.1. The highest BCUT2D eigenvalue weighted by Crippen LogP contribution is 2.24. The lowest BCUT2D eigenvalue weighted by Gasteiger charge is -2.17. The molecule has 0 aliphatic carbocycles. The Bertz CT molecular complexity index is 1390. The number of carboxylic acids is 2. The summed E-state index contributed by atoms with van der Waals surface area (Å²) in [6, 6.07) is 5.29. The van der Waals surface area contributed by atoms with Crippen LogP contribution < -0.4 is 4.74 Å². The largest absolute Gasteiger partial charge is 0.514 e. The summed E-state index contributed by atoms with van der Waals surface area (Å²) in [7, 11) is 0. The molecular weight excluding hydrogens is 831 g/mol. The molecule has 1 aromatic carbocycles. The van der Waals surface area contributed by atoms with Crippen molar-refractivity contribution >= 4 is 23.8 Å². The molecule has 0 saturated heterocycles. The van der Waals surface area contributed by atoms with E-state index in [0.29, 0.717) is 25.7 Å². The van der Waals surface area contributed by atoms with Crippen molar-refractivity contribution < 1.29 is 39.0 Å². The van der Waals surface area contributed by atoms with E-state index in [1.54, 1.807) is 0 Å². The van der Waals surface area contributed by atoms with Gasteiger partial charge in [-0.25, -0.2) is 4.79 Å². The minimum absolute atomic E-state index is 0.0951. The first-order valence-corrected chi connectivity index (χ1v) is 27.1. The molecule has 0 amide bonds. The Labute approximate surface area is 401 Å². The highest BCUT2D eigenvalue weighted by molar-refractivity contribution is 5.70. The number of hydrogen-bond acceptors (Lipinski definition) is 7. The number of nitro benzene ring substituents is 1. The van der Waals surface area contributed by atoms with Gasteiger partial charge in [-0.1, -0.05) is 199 Å². The Morgan fingerprint density at radius 1 is 0.500 bits per heavy atom. The fourth-order valence-corrected chi connectivity index (χ4v) is 8.73. The molecule has 2 N–H and O–H groups in total. The molecule has 1 rings (SSSR count). The summed E-state index contributed by atoms with van der Waals surface area (Å²) in [5.74, 6) is -1.76. The minimum atomic E-state index is -0.858. The molecule has 0 saturated carbocycles. The fourth-order valence-electron chi connectivity index (χ4n) is 8.73. The minimum Gasteiger partial charge on any atom is -0.481 e. The van der Waals surface area contributed by atoms with Crippen molar-refractivity contribution in [3.8, 4) is 5.75 Å². The second kappa shape index (κ2) is 43.9. The Balaban J connectivity index is 2.20. The maximum Gasteiger partial charge on any atom is 0.514 e. The van der Waals surface area contributed by atoms with Gasteiger partial charge in [0.15, 0.2) is 0 Å². The van der Waals surface area contributed by atoms with Crippen molar-refractivity contribution in [2.45, 2.75) is 264 Å². The summed E-state index contributed by atoms with van der Waals surface area (Å²) in [6.45, 7) is 4.47. The molecule has 0 aromatic heterocycles. The molecule has 378 valence electrons. The first kappa shape index (κ1) is 60.3. The van der Waals surface area contributed by atoms with Crippen LogP contribution in [0.1, 0.15) is 258 Å². The highest BCUT2D eigenvalue weighted by atomic mass is 16.7. The summed E-state index contributed by atoms with van der Waals surface area (Å²) in [5, 5.41) is 30.6. The number of carbonyl (C=O) groups excluding carboxylic acids is 1. The van der Waals surface area contributed by atoms with Gasteiger partial charge < -0.3 is 19.7 Å². The third kappa shape index (κ3) is 36.4. The number of aliphatic carboxylic acids is 2. The summed E-state index contributed by atoms with van der Waals surface area (Å²) in [4.78, 5) is 47.0. The number of nitro groups is 1. The molecule has 0 spiro atoms. The Morgan fingerprint density at radius 3 is 1.21 bits per heavy atom. The number of rotatable bonds is 47. The zero-order valence-electron chi connectivity index (χ0n) is 41.9. The Morgan fingerprint density at radius 2 is 0.833 bits per heavy atom. The smallest absolute Gasteiger partial charge is 0.481 e. The van der Waals surface area contributed by atoms with Crippen LogP contribution >= 0.6 is 0 Å². The standard InChI is InChI=1S/C56H95NO9/c1-3-5-7-9-11-13-14-15-16-18-22-25-29-33-39-49(54(58)59)40-34-30-26-23-19-17-20-24-27-31-35-41-50(55(60)61)42-37-38-44-52(43-36-32-28-21-12-10-8-6-4-2)65-56(62)66-53-47-45-51(46-48-53)57(63)64/h15-16,32,36,45-50,52H,3-14,17-31,33-35,37-44H2,1-2H3,(H,58,59)(H,60,61)/b16-15-,36-32-. The Hall–Kier alpha value is -3.69. The van der Waals surface area contributed by atoms with Crippen molar-refractivity contribution in [3.63, 3.8) is 0 Å². The van der Waals surface area contributed by atoms with Crippen molar-refractivity contribution in [2.75, 3.05) is 0 Å². The van der Waals surface area contributed by atoms with Crippen LogP contribution in [-0.2, 0) is 14.3 Å². The number of benzene rings is 1. The van der Waals surface area contributed by atoms with Gasteiger partial charge in [0.2, 0.25) is 0 Å². The van der Waals surface area contributed by atoms with E-state index >= 15 is 0 Å². The summed E-state index contributed by atoms with van der Waals surface area (Å²) >= 11 is 0. The molecule has 66 heavy (non-hydrogen) atoms. The van der Waals surface area contributed by atoms with Crippen LogP contribution in [0, 0.1) is 22.0 Å². The van der Waals surface area contributed by atoms with Gasteiger partial charge in [-0.2, -0.15) is 0 Å². The lowest BCUT2D eigenvalue weighted by molar-refractivity contribution is -0.384. The van der Waals surface area contributed by atoms with Gasteiger partial charge in [-0.05, 0) is 89.2 Å². The van der Waals surface area contributed by atoms with Gasteiger partial charge in [-0.3, -0.25) is 19.7 Å². The second-order valence-corrected chi connectivity index (χ2v) is 18.9. The van der Waals surface area contributed by atoms with Gasteiger partial charge in [0.25, 0.3) is 5.69 Å². The number of allylic oxidation sites excluding steroid dienone is 3. The molecule has 0 bridgehead atoms. The van der Waals surface area contributed by atoms with Gasteiger partial charge in [0, 0.05) is 18.6 Å². The van der Waals surface area contributed by atoms with Crippen molar-refractivity contribution in [1.29, 1.82) is 0 Å². The highest BCUT2D eigenvalue weighted by Gasteiger charge is 2.20. The number of carbonyl (C=O) groups is 3. The number of hydrogen-bond donors (Lipinski definition) is 2. The van der Waals surface area contributed by atoms with Crippen LogP contribution in [0.2, 0.25) is 0 Å². The third-order valence-electron chi connectivity index (χ3n) is 13.0. The zero-order valence-corrected chi connectivity index (χ0v) is 41.9. The van der Waals surface area contributed by atoms with Crippen LogP contribution in [0.25, 0.3) is 0 Å². The summed E-state index contributed by atoms with van der Waals surface area (Å²) < 4.78 is 11.0. The second-order valence-electron chi connectivity index (χ2n) is 18.9. The summed E-state index contributed by atoms with van der Waals surface area (Å²) in [6.07, 6.45) is 48.8. The number of nitrogens with zero attached hydrogens (tertiary/aromatic N) is 1. The van der Waals surface area contributed by atoms with Crippen LogP contribution in [0.5, 0.6) is 5.75 Å². The van der Waals surface area contributed by atoms with E-state index in [9.17, 15) is 34.7 Å². The molecule has 10 nitrogen and oxygen atoms in total. The molecule has 10 heteroatoms. The molecular formula is C56H95NO9. The van der Waals surface area contributed by atoms with Crippen LogP contribution in [0.4, 0.5) is 10.5 Å². The predicted molar refractivity (Wildman–Crippen MR) is 271 cm³/mol. The van der Waals surface area contributed by atoms with E-state index in [1.165, 1.54) is 153 Å². The van der Waals surface area contributed by atoms with Crippen LogP contribution in [0.15, 0.2) is 48.6 Å². The normalized spacial score (nSPS) is 13.0. The maximum atomic E-state index is 12.7. The van der Waals surface area contributed by atoms with Crippen molar-refractivity contribution in [1.82, 2.24) is 0 Å². The van der Waals surface area contributed by atoms with Crippen molar-refractivity contribution in [2.24, 2.45) is 11.8 Å². The topological polar surface area (TPSA) is 153 Å². The van der Waals surface area contributed by atoms with E-state index in [0.717, 1.165) is 89.9 Å². The number of carboxylic acid groups (broad SMARTS) is 2. The van der Waals surface area contributed by atoms with E-state index in [1.807, 2.05) is 0 Å². The average molecular weight is 926 g/mol. The van der Waals surface area contributed by atoms with E-state index in [4.69, 9.17) is 9.47 Å². The number of ether oxygens (including phenoxy) is 2. The van der Waals surface area contributed by atoms with Crippen molar-refractivity contribution in [3.05, 3.63) is 58.7 Å². The fraction of sp³-hybridized carbons (Fsp3) is 0.768. The lowest BCUT2D eigenvalue weighted by Crippen LogP contribution is -2.21. The van der Waals surface area contributed by atoms with Gasteiger partial charge in [-0.15, -0.1) is 0 Å². The SMILES string of the molecule is CCCCCCCC/C=C\CCCCCCC(CCCCCCCCCCCCCC(CCCCC(C/C=C\CCCCCCCC)OC(=O)Oc1ccc([N+](=O)[O-])cc1)C(=O)O)C(=O)O. The maximum absolute atomic E-state index is 12.7. The molecule has 0 fully saturated rings. The number of unbranched alkanes of at least 4 members (excludes halogenated alkanes) is 27. The predicted octanol–water partition coefficient (Wildman–Crippen LogP) is 17.9. The quantitative estimate of drug-likeness (QED) is 0.0162. The third-order valence-corrected chi connectivity index (χ3v) is 13.0. The first-order chi connectivity index (χ1) is 32.2. The molecule has 3 unspecified atom stereocenters. The molecule has 0 radical (unpaired) electrons. The Kier molecular flexibility index (Phi) is 40.1. The molecule has 1 aromatic rings. The molecule has 0 heterocycles. The van der Waals surface area contributed by atoms with Gasteiger partial charge in [0.1, 0.15) is 11.9 Å². The van der Waals surface area contributed by atoms with E-state index in [2.05, 4.69) is 38.2 Å². The van der Waals surface area contributed by atoms with E-state index in [-0.39, 0.29) is 23.3 Å². The monoisotopic (exact) mass is 926 g/mol. The van der Waals surface area contributed by atoms with Crippen LogP contribution in [0.3, 0.4) is 0 Å². The summed E-state index contributed by atoms with van der Waals surface area (Å²) in [5.41, 5.74) is -0.0951. The van der Waals surface area contributed by atoms with Gasteiger partial charge >= 0.3 is 18.1 Å².